The van der Waals surface area contributed by atoms with Gasteiger partial charge in [-0.15, -0.1) is 0 Å². The predicted molar refractivity (Wildman–Crippen MR) is 71.5 cm³/mol. The van der Waals surface area contributed by atoms with E-state index in [1.54, 1.807) is 19.2 Å². The van der Waals surface area contributed by atoms with Gasteiger partial charge in [-0.2, -0.15) is 0 Å². The number of oxazole rings is 1. The largest absolute Gasteiger partial charge is 0.447 e. The average Bonchev–Trinajstić information content (AvgIpc) is 2.88. The van der Waals surface area contributed by atoms with Crippen LogP contribution in [0.3, 0.4) is 0 Å². The molecule has 0 aliphatic heterocycles. The minimum absolute atomic E-state index is 0.226. The van der Waals surface area contributed by atoms with Crippen molar-refractivity contribution in [2.45, 2.75) is 19.5 Å². The molecule has 2 aromatic rings. The molecule has 6 heteroatoms. The Balaban J connectivity index is 2.01. The van der Waals surface area contributed by atoms with Crippen LogP contribution in [0.4, 0.5) is 4.39 Å². The molecule has 1 amide bonds. The van der Waals surface area contributed by atoms with Crippen LogP contribution in [0.15, 0.2) is 34.9 Å². The quantitative estimate of drug-likeness (QED) is 0.877. The summed E-state index contributed by atoms with van der Waals surface area (Å²) in [5.74, 6) is -0.180. The molecule has 0 bridgehead atoms. The van der Waals surface area contributed by atoms with Gasteiger partial charge in [0.2, 0.25) is 5.89 Å². The molecule has 0 spiro atoms. The highest BCUT2D eigenvalue weighted by Crippen LogP contribution is 2.13. The lowest BCUT2D eigenvalue weighted by atomic mass is 10.1. The molecule has 2 N–H and O–H groups in total. The van der Waals surface area contributed by atoms with Crippen LogP contribution in [0.1, 0.15) is 34.9 Å². The standard InChI is InChI=1S/C14H16FN3O2/c1-9(10-3-5-11(15)6-4-10)17-14(19)12-8-20-13(18-12)7-16-2/h3-6,8-9,16H,7H2,1-2H3,(H,17,19). The van der Waals surface area contributed by atoms with E-state index in [2.05, 4.69) is 15.6 Å². The molecule has 1 atom stereocenters. The van der Waals surface area contributed by atoms with Gasteiger partial charge < -0.3 is 15.1 Å². The van der Waals surface area contributed by atoms with Gasteiger partial charge in [0.15, 0.2) is 5.69 Å². The summed E-state index contributed by atoms with van der Waals surface area (Å²) in [5.41, 5.74) is 1.04. The number of carbonyl (C=O) groups excluding carboxylic acids is 1. The topological polar surface area (TPSA) is 67.2 Å². The van der Waals surface area contributed by atoms with Crippen LogP contribution in [0.25, 0.3) is 0 Å². The van der Waals surface area contributed by atoms with Gasteiger partial charge in [0.1, 0.15) is 12.1 Å². The number of amides is 1. The normalized spacial score (nSPS) is 12.2. The Labute approximate surface area is 116 Å². The third kappa shape index (κ3) is 3.42. The minimum Gasteiger partial charge on any atom is -0.447 e. The monoisotopic (exact) mass is 277 g/mol. The van der Waals surface area contributed by atoms with Crippen molar-refractivity contribution in [3.05, 3.63) is 53.5 Å². The number of nitrogens with zero attached hydrogens (tertiary/aromatic N) is 1. The Morgan fingerprint density at radius 3 is 2.75 bits per heavy atom. The van der Waals surface area contributed by atoms with Gasteiger partial charge in [-0.1, -0.05) is 12.1 Å². The van der Waals surface area contributed by atoms with Crippen LogP contribution >= 0.6 is 0 Å². The van der Waals surface area contributed by atoms with E-state index in [1.807, 2.05) is 6.92 Å². The smallest absolute Gasteiger partial charge is 0.273 e. The molecule has 1 unspecified atom stereocenters. The third-order valence-corrected chi connectivity index (χ3v) is 2.83. The van der Waals surface area contributed by atoms with Crippen molar-refractivity contribution >= 4 is 5.91 Å². The highest BCUT2D eigenvalue weighted by atomic mass is 19.1. The van der Waals surface area contributed by atoms with E-state index in [-0.39, 0.29) is 23.5 Å². The van der Waals surface area contributed by atoms with Gasteiger partial charge >= 0.3 is 0 Å². The molecule has 0 aliphatic rings. The SMILES string of the molecule is CNCc1nc(C(=O)NC(C)c2ccc(F)cc2)co1. The minimum atomic E-state index is -0.326. The summed E-state index contributed by atoms with van der Waals surface area (Å²) in [6.07, 6.45) is 1.32. The number of benzene rings is 1. The van der Waals surface area contributed by atoms with Crippen molar-refractivity contribution in [1.29, 1.82) is 0 Å². The number of aromatic nitrogens is 1. The van der Waals surface area contributed by atoms with Gasteiger partial charge in [-0.3, -0.25) is 4.79 Å². The Kier molecular flexibility index (Phi) is 4.47. The fourth-order valence-electron chi connectivity index (χ4n) is 1.75. The van der Waals surface area contributed by atoms with Crippen molar-refractivity contribution in [1.82, 2.24) is 15.6 Å². The predicted octanol–water partition coefficient (Wildman–Crippen LogP) is 2.02. The van der Waals surface area contributed by atoms with E-state index in [9.17, 15) is 9.18 Å². The first-order valence-corrected chi connectivity index (χ1v) is 6.25. The van der Waals surface area contributed by atoms with E-state index in [0.29, 0.717) is 12.4 Å². The molecule has 1 aromatic carbocycles. The second-order valence-corrected chi connectivity index (χ2v) is 4.40. The van der Waals surface area contributed by atoms with Crippen LogP contribution in [-0.2, 0) is 6.54 Å². The number of rotatable bonds is 5. The summed E-state index contributed by atoms with van der Waals surface area (Å²) in [7, 11) is 1.76. The Morgan fingerprint density at radius 2 is 2.10 bits per heavy atom. The van der Waals surface area contributed by atoms with Crippen LogP contribution in [0, 0.1) is 5.82 Å². The van der Waals surface area contributed by atoms with Crippen LogP contribution in [0.5, 0.6) is 0 Å². The zero-order valence-electron chi connectivity index (χ0n) is 11.3. The highest BCUT2D eigenvalue weighted by Gasteiger charge is 2.15. The molecule has 0 radical (unpaired) electrons. The molecule has 0 saturated carbocycles. The van der Waals surface area contributed by atoms with Crippen molar-refractivity contribution in [3.8, 4) is 0 Å². The van der Waals surface area contributed by atoms with Crippen molar-refractivity contribution in [2.24, 2.45) is 0 Å². The van der Waals surface area contributed by atoms with E-state index < -0.39 is 0 Å². The number of hydrogen-bond donors (Lipinski definition) is 2. The fourth-order valence-corrected chi connectivity index (χ4v) is 1.75. The second kappa shape index (κ2) is 6.29. The van der Waals surface area contributed by atoms with Gasteiger partial charge in [-0.25, -0.2) is 9.37 Å². The third-order valence-electron chi connectivity index (χ3n) is 2.83. The average molecular weight is 277 g/mol. The van der Waals surface area contributed by atoms with Gasteiger partial charge in [0, 0.05) is 0 Å². The molecule has 20 heavy (non-hydrogen) atoms. The first kappa shape index (κ1) is 14.2. The zero-order chi connectivity index (χ0) is 14.5. The Morgan fingerprint density at radius 1 is 1.40 bits per heavy atom. The second-order valence-electron chi connectivity index (χ2n) is 4.40. The van der Waals surface area contributed by atoms with E-state index >= 15 is 0 Å². The summed E-state index contributed by atoms with van der Waals surface area (Å²) < 4.78 is 18.0. The highest BCUT2D eigenvalue weighted by molar-refractivity contribution is 5.92. The van der Waals surface area contributed by atoms with E-state index in [4.69, 9.17) is 4.42 Å². The summed E-state index contributed by atoms with van der Waals surface area (Å²) >= 11 is 0. The maximum Gasteiger partial charge on any atom is 0.273 e. The maximum atomic E-state index is 12.8. The molecule has 2 rings (SSSR count). The molecule has 0 aliphatic carbocycles. The zero-order valence-corrected chi connectivity index (χ0v) is 11.3. The number of carbonyl (C=O) groups is 1. The Hall–Kier alpha value is -2.21. The maximum absolute atomic E-state index is 12.8. The molecular formula is C14H16FN3O2. The fraction of sp³-hybridized carbons (Fsp3) is 0.286. The molecule has 106 valence electrons. The lowest BCUT2D eigenvalue weighted by molar-refractivity contribution is 0.0935. The van der Waals surface area contributed by atoms with E-state index in [0.717, 1.165) is 5.56 Å². The van der Waals surface area contributed by atoms with Gasteiger partial charge in [-0.05, 0) is 31.7 Å². The molecule has 1 aromatic heterocycles. The van der Waals surface area contributed by atoms with Gasteiger partial charge in [0.05, 0.1) is 12.6 Å². The molecule has 0 fully saturated rings. The summed E-state index contributed by atoms with van der Waals surface area (Å²) in [5, 5.41) is 5.67. The number of halogens is 1. The van der Waals surface area contributed by atoms with Crippen molar-refractivity contribution in [2.75, 3.05) is 7.05 Å². The van der Waals surface area contributed by atoms with E-state index in [1.165, 1.54) is 18.4 Å². The first-order chi connectivity index (χ1) is 9.60. The van der Waals surface area contributed by atoms with Gasteiger partial charge in [0.25, 0.3) is 5.91 Å². The lowest BCUT2D eigenvalue weighted by Gasteiger charge is -2.13. The summed E-state index contributed by atoms with van der Waals surface area (Å²) in [4.78, 5) is 16.0. The van der Waals surface area contributed by atoms with Crippen LogP contribution < -0.4 is 10.6 Å². The van der Waals surface area contributed by atoms with Crippen LogP contribution in [-0.4, -0.2) is 17.9 Å². The Bertz CT molecular complexity index is 580. The number of hydrogen-bond acceptors (Lipinski definition) is 4. The summed E-state index contributed by atoms with van der Waals surface area (Å²) in [6, 6.07) is 5.75. The lowest BCUT2D eigenvalue weighted by Crippen LogP contribution is -2.27. The van der Waals surface area contributed by atoms with Crippen molar-refractivity contribution in [3.63, 3.8) is 0 Å². The first-order valence-electron chi connectivity index (χ1n) is 6.25. The number of nitrogens with one attached hydrogen (secondary N) is 2. The van der Waals surface area contributed by atoms with Crippen LogP contribution in [0.2, 0.25) is 0 Å². The molecular weight excluding hydrogens is 261 g/mol. The summed E-state index contributed by atoms with van der Waals surface area (Å²) in [6.45, 7) is 2.28. The molecule has 5 nitrogen and oxygen atoms in total. The molecule has 0 saturated heterocycles. The molecule has 1 heterocycles. The van der Waals surface area contributed by atoms with Crippen molar-refractivity contribution < 1.29 is 13.6 Å².